The largest absolute Gasteiger partial charge is 0.497 e. The first-order chi connectivity index (χ1) is 16.0. The molecule has 170 valence electrons. The second-order valence-electron chi connectivity index (χ2n) is 9.32. The Morgan fingerprint density at radius 2 is 2.00 bits per heavy atom. The van der Waals surface area contributed by atoms with Gasteiger partial charge in [0.15, 0.2) is 5.60 Å². The molecular formula is C26H26N2O5. The normalized spacial score (nSPS) is 21.6. The van der Waals surface area contributed by atoms with Crippen molar-refractivity contribution in [2.75, 3.05) is 7.11 Å². The van der Waals surface area contributed by atoms with Gasteiger partial charge in [-0.05, 0) is 55.0 Å². The summed E-state index contributed by atoms with van der Waals surface area (Å²) >= 11 is 0. The van der Waals surface area contributed by atoms with E-state index in [1.807, 2.05) is 12.1 Å². The van der Waals surface area contributed by atoms with Crippen molar-refractivity contribution in [2.24, 2.45) is 0 Å². The first kappa shape index (κ1) is 20.4. The monoisotopic (exact) mass is 446 g/mol. The highest BCUT2D eigenvalue weighted by molar-refractivity contribution is 5.90. The van der Waals surface area contributed by atoms with E-state index in [4.69, 9.17) is 14.5 Å². The molecule has 7 heteroatoms. The van der Waals surface area contributed by atoms with E-state index in [-0.39, 0.29) is 18.6 Å². The molecule has 0 saturated heterocycles. The van der Waals surface area contributed by atoms with E-state index in [1.54, 1.807) is 24.7 Å². The molecule has 0 bridgehead atoms. The molecule has 1 saturated carbocycles. The smallest absolute Gasteiger partial charge is 0.343 e. The van der Waals surface area contributed by atoms with Crippen molar-refractivity contribution >= 4 is 16.9 Å². The van der Waals surface area contributed by atoms with Crippen LogP contribution in [0.2, 0.25) is 0 Å². The summed E-state index contributed by atoms with van der Waals surface area (Å²) in [5.41, 5.74) is 3.27. The van der Waals surface area contributed by atoms with Crippen molar-refractivity contribution in [1.82, 2.24) is 9.55 Å². The minimum absolute atomic E-state index is 0.117. The summed E-state index contributed by atoms with van der Waals surface area (Å²) in [5, 5.41) is 12.2. The second kappa shape index (κ2) is 7.15. The second-order valence-corrected chi connectivity index (χ2v) is 9.32. The highest BCUT2D eigenvalue weighted by Gasteiger charge is 2.45. The number of ether oxygens (including phenoxy) is 2. The van der Waals surface area contributed by atoms with Gasteiger partial charge in [0.25, 0.3) is 5.56 Å². The quantitative estimate of drug-likeness (QED) is 0.482. The van der Waals surface area contributed by atoms with Gasteiger partial charge in [-0.2, -0.15) is 0 Å². The minimum Gasteiger partial charge on any atom is -0.497 e. The Bertz CT molecular complexity index is 1390. The average Bonchev–Trinajstić information content (AvgIpc) is 3.48. The van der Waals surface area contributed by atoms with Crippen molar-refractivity contribution in [2.45, 2.75) is 63.7 Å². The minimum atomic E-state index is -1.82. The first-order valence-electron chi connectivity index (χ1n) is 11.6. The number of hydrogen-bond acceptors (Lipinski definition) is 6. The zero-order valence-corrected chi connectivity index (χ0v) is 18.8. The molecule has 3 aliphatic rings. The van der Waals surface area contributed by atoms with Crippen LogP contribution >= 0.6 is 0 Å². The fraction of sp³-hybridized carbons (Fsp3) is 0.423. The molecule has 7 nitrogen and oxygen atoms in total. The van der Waals surface area contributed by atoms with Crippen LogP contribution in [0.1, 0.15) is 67.2 Å². The average molecular weight is 447 g/mol. The maximum absolute atomic E-state index is 13.5. The number of cyclic esters (lactones) is 1. The van der Waals surface area contributed by atoms with Gasteiger partial charge < -0.3 is 19.1 Å². The summed E-state index contributed by atoms with van der Waals surface area (Å²) in [6, 6.07) is 7.70. The lowest BCUT2D eigenvalue weighted by molar-refractivity contribution is -0.172. The maximum Gasteiger partial charge on any atom is 0.343 e. The molecule has 6 rings (SSSR count). The maximum atomic E-state index is 13.5. The number of benzene rings is 1. The summed E-state index contributed by atoms with van der Waals surface area (Å²) in [6.45, 7) is 2.03. The van der Waals surface area contributed by atoms with Gasteiger partial charge in [-0.1, -0.05) is 19.8 Å². The predicted octanol–water partition coefficient (Wildman–Crippen LogP) is 3.75. The van der Waals surface area contributed by atoms with Crippen LogP contribution in [0.25, 0.3) is 22.3 Å². The van der Waals surface area contributed by atoms with E-state index >= 15 is 0 Å². The highest BCUT2D eigenvalue weighted by atomic mass is 16.6. The van der Waals surface area contributed by atoms with E-state index < -0.39 is 11.6 Å². The SMILES string of the molecule is CC[C@@]1(O)C(=O)OCc2c1cc1n(c2=O)Cc2c-1nc1ccc(OC)cc1c2C1CCCC1. The van der Waals surface area contributed by atoms with E-state index in [0.29, 0.717) is 29.3 Å². The lowest BCUT2D eigenvalue weighted by Gasteiger charge is -2.31. The number of esters is 1. The van der Waals surface area contributed by atoms with Gasteiger partial charge in [-0.3, -0.25) is 4.79 Å². The first-order valence-corrected chi connectivity index (χ1v) is 11.6. The summed E-state index contributed by atoms with van der Waals surface area (Å²) < 4.78 is 12.4. The van der Waals surface area contributed by atoms with Crippen LogP contribution in [0.15, 0.2) is 29.1 Å². The number of rotatable bonds is 3. The van der Waals surface area contributed by atoms with E-state index in [0.717, 1.165) is 40.8 Å². The molecule has 2 aliphatic heterocycles. The number of pyridine rings is 2. The van der Waals surface area contributed by atoms with Gasteiger partial charge in [0.05, 0.1) is 36.1 Å². The van der Waals surface area contributed by atoms with Crippen LogP contribution in [0.4, 0.5) is 0 Å². The van der Waals surface area contributed by atoms with E-state index in [1.165, 1.54) is 18.4 Å². The zero-order valence-electron chi connectivity index (χ0n) is 18.8. The third kappa shape index (κ3) is 2.75. The molecule has 0 amide bonds. The molecule has 1 aromatic carbocycles. The van der Waals surface area contributed by atoms with E-state index in [9.17, 15) is 14.7 Å². The molecule has 33 heavy (non-hydrogen) atoms. The van der Waals surface area contributed by atoms with Gasteiger partial charge in [0.2, 0.25) is 0 Å². The fourth-order valence-corrected chi connectivity index (χ4v) is 5.90. The van der Waals surface area contributed by atoms with Crippen molar-refractivity contribution in [1.29, 1.82) is 0 Å². The topological polar surface area (TPSA) is 90.7 Å². The number of carbonyl (C=O) groups excluding carboxylic acids is 1. The summed E-state index contributed by atoms with van der Waals surface area (Å²) in [6.07, 6.45) is 4.74. The number of carbonyl (C=O) groups is 1. The van der Waals surface area contributed by atoms with Gasteiger partial charge >= 0.3 is 5.97 Å². The Hall–Kier alpha value is -3.19. The van der Waals surface area contributed by atoms with Crippen LogP contribution in [0.5, 0.6) is 5.75 Å². The molecule has 2 aromatic heterocycles. The van der Waals surface area contributed by atoms with Crippen molar-refractivity contribution in [3.05, 3.63) is 56.9 Å². The molecule has 0 radical (unpaired) electrons. The molecule has 1 N–H and O–H groups in total. The lowest BCUT2D eigenvalue weighted by atomic mass is 9.85. The summed E-state index contributed by atoms with van der Waals surface area (Å²) in [5.74, 6) is 0.495. The Morgan fingerprint density at radius 1 is 1.21 bits per heavy atom. The molecule has 1 fully saturated rings. The Kier molecular flexibility index (Phi) is 4.43. The third-order valence-electron chi connectivity index (χ3n) is 7.70. The molecule has 4 heterocycles. The molecule has 0 spiro atoms. The number of fused-ring (bicyclic) bond motifs is 5. The Labute approximate surface area is 191 Å². The molecule has 1 aliphatic carbocycles. The van der Waals surface area contributed by atoms with Gasteiger partial charge in [0, 0.05) is 16.5 Å². The van der Waals surface area contributed by atoms with Gasteiger partial charge in [-0.15, -0.1) is 0 Å². The van der Waals surface area contributed by atoms with E-state index in [2.05, 4.69) is 6.07 Å². The van der Waals surface area contributed by atoms with Crippen molar-refractivity contribution in [3.63, 3.8) is 0 Å². The van der Waals surface area contributed by atoms with Gasteiger partial charge in [-0.25, -0.2) is 9.78 Å². The summed E-state index contributed by atoms with van der Waals surface area (Å²) in [7, 11) is 1.66. The number of aromatic nitrogens is 2. The van der Waals surface area contributed by atoms with Crippen molar-refractivity contribution < 1.29 is 19.4 Å². The van der Waals surface area contributed by atoms with Crippen LogP contribution in [-0.4, -0.2) is 27.7 Å². The number of nitrogens with zero attached hydrogens (tertiary/aromatic N) is 2. The molecular weight excluding hydrogens is 420 g/mol. The number of methoxy groups -OCH3 is 1. The van der Waals surface area contributed by atoms with Crippen LogP contribution < -0.4 is 10.3 Å². The van der Waals surface area contributed by atoms with Crippen LogP contribution in [0, 0.1) is 0 Å². The summed E-state index contributed by atoms with van der Waals surface area (Å²) in [4.78, 5) is 30.9. The van der Waals surface area contributed by atoms with Crippen LogP contribution in [0.3, 0.4) is 0 Å². The third-order valence-corrected chi connectivity index (χ3v) is 7.70. The Morgan fingerprint density at radius 3 is 2.73 bits per heavy atom. The number of hydrogen-bond donors (Lipinski definition) is 1. The Balaban J connectivity index is 1.65. The fourth-order valence-electron chi connectivity index (χ4n) is 5.90. The van der Waals surface area contributed by atoms with Crippen LogP contribution in [-0.2, 0) is 28.3 Å². The zero-order chi connectivity index (χ0) is 22.9. The molecule has 0 unspecified atom stereocenters. The molecule has 3 aromatic rings. The predicted molar refractivity (Wildman–Crippen MR) is 122 cm³/mol. The lowest BCUT2D eigenvalue weighted by Crippen LogP contribution is -2.44. The highest BCUT2D eigenvalue weighted by Crippen LogP contribution is 2.46. The standard InChI is InChI=1S/C26H26N2O5/c1-3-26(31)19-11-21-23-17(12-28(21)24(29)18(19)13-33-25(26)30)22(14-6-4-5-7-14)16-10-15(32-2)8-9-20(16)27-23/h8-11,14,31H,3-7,12-13H2,1-2H3/t26-/m0/s1. The molecule has 1 atom stereocenters. The number of aliphatic hydroxyl groups is 1. The van der Waals surface area contributed by atoms with Gasteiger partial charge in [0.1, 0.15) is 12.4 Å². The van der Waals surface area contributed by atoms with Crippen molar-refractivity contribution in [3.8, 4) is 17.1 Å².